The largest absolute Gasteiger partial charge is 0.503 e. The highest BCUT2D eigenvalue weighted by Crippen LogP contribution is 2.30. The summed E-state index contributed by atoms with van der Waals surface area (Å²) in [6, 6.07) is 1.49. The molecule has 1 heterocycles. The molecule has 0 saturated heterocycles. The highest BCUT2D eigenvalue weighted by atomic mass is 16.5. The molecule has 0 unspecified atom stereocenters. The molecule has 18 heavy (non-hydrogen) atoms. The predicted octanol–water partition coefficient (Wildman–Crippen LogP) is 2.44. The van der Waals surface area contributed by atoms with Gasteiger partial charge >= 0.3 is 5.97 Å². The molecule has 0 radical (unpaired) electrons. The zero-order valence-electron chi connectivity index (χ0n) is 10.1. The highest BCUT2D eigenvalue weighted by molar-refractivity contribution is 5.89. The van der Waals surface area contributed by atoms with Crippen LogP contribution in [0, 0.1) is 5.92 Å². The summed E-state index contributed by atoms with van der Waals surface area (Å²) < 4.78 is 5.51. The molecule has 2 N–H and O–H groups in total. The second kappa shape index (κ2) is 5.71. The van der Waals surface area contributed by atoms with Crippen molar-refractivity contribution in [2.24, 2.45) is 5.92 Å². The van der Waals surface area contributed by atoms with E-state index in [1.165, 1.54) is 31.5 Å². The zero-order valence-corrected chi connectivity index (χ0v) is 10.1. The predicted molar refractivity (Wildman–Crippen MR) is 64.9 cm³/mol. The first-order valence-electron chi connectivity index (χ1n) is 6.22. The quantitative estimate of drug-likeness (QED) is 0.859. The van der Waals surface area contributed by atoms with Crippen molar-refractivity contribution in [1.82, 2.24) is 4.98 Å². The fourth-order valence-corrected chi connectivity index (χ4v) is 2.27. The van der Waals surface area contributed by atoms with Crippen LogP contribution in [-0.4, -0.2) is 27.8 Å². The van der Waals surface area contributed by atoms with Gasteiger partial charge in [-0.25, -0.2) is 9.78 Å². The van der Waals surface area contributed by atoms with E-state index in [9.17, 15) is 9.90 Å². The van der Waals surface area contributed by atoms with Crippen LogP contribution in [0.25, 0.3) is 0 Å². The summed E-state index contributed by atoms with van der Waals surface area (Å²) in [5.41, 5.74) is -0.365. The molecular formula is C13H17NO4. The second-order valence-electron chi connectivity index (χ2n) is 4.63. The summed E-state index contributed by atoms with van der Waals surface area (Å²) in [5.74, 6) is -0.941. The molecule has 98 valence electrons. The van der Waals surface area contributed by atoms with Crippen molar-refractivity contribution in [1.29, 1.82) is 0 Å². The minimum atomic E-state index is -1.25. The van der Waals surface area contributed by atoms with E-state index in [1.807, 2.05) is 0 Å². The van der Waals surface area contributed by atoms with Gasteiger partial charge in [-0.2, -0.15) is 0 Å². The van der Waals surface area contributed by atoms with Gasteiger partial charge in [0.1, 0.15) is 0 Å². The highest BCUT2D eigenvalue weighted by Gasteiger charge is 2.18. The molecule has 1 aromatic heterocycles. The summed E-state index contributed by atoms with van der Waals surface area (Å²) >= 11 is 0. The van der Waals surface area contributed by atoms with Gasteiger partial charge < -0.3 is 14.9 Å². The van der Waals surface area contributed by atoms with E-state index in [0.29, 0.717) is 12.5 Å². The first kappa shape index (κ1) is 12.7. The number of nitrogens with zero attached hydrogens (tertiary/aromatic N) is 1. The topological polar surface area (TPSA) is 79.7 Å². The summed E-state index contributed by atoms with van der Waals surface area (Å²) in [4.78, 5) is 14.4. The van der Waals surface area contributed by atoms with Gasteiger partial charge in [0.05, 0.1) is 6.61 Å². The minimum Gasteiger partial charge on any atom is -0.503 e. The number of rotatable bonds is 4. The third kappa shape index (κ3) is 2.91. The van der Waals surface area contributed by atoms with E-state index in [2.05, 4.69) is 4.98 Å². The third-order valence-electron chi connectivity index (χ3n) is 3.29. The fourth-order valence-electron chi connectivity index (χ4n) is 2.27. The van der Waals surface area contributed by atoms with Gasteiger partial charge in [-0.3, -0.25) is 0 Å². The molecule has 1 fully saturated rings. The average Bonchev–Trinajstić information content (AvgIpc) is 2.38. The van der Waals surface area contributed by atoms with Crippen LogP contribution in [0.1, 0.15) is 42.6 Å². The molecule has 0 bridgehead atoms. The molecule has 1 aliphatic rings. The summed E-state index contributed by atoms with van der Waals surface area (Å²) in [7, 11) is 0. The number of carboxylic acids is 1. The van der Waals surface area contributed by atoms with Crippen LogP contribution in [0.3, 0.4) is 0 Å². The first-order chi connectivity index (χ1) is 8.68. The lowest BCUT2D eigenvalue weighted by Crippen LogP contribution is -2.15. The van der Waals surface area contributed by atoms with Gasteiger partial charge in [0.2, 0.25) is 0 Å². The van der Waals surface area contributed by atoms with Crippen molar-refractivity contribution in [3.63, 3.8) is 0 Å². The van der Waals surface area contributed by atoms with Crippen molar-refractivity contribution in [3.05, 3.63) is 18.0 Å². The molecule has 1 saturated carbocycles. The molecule has 1 aromatic rings. The van der Waals surface area contributed by atoms with Gasteiger partial charge in [0, 0.05) is 12.3 Å². The SMILES string of the molecule is O=C(O)c1nccc(OCC2CCCCC2)c1O. The Balaban J connectivity index is 2.00. The maximum absolute atomic E-state index is 10.8. The van der Waals surface area contributed by atoms with Crippen molar-refractivity contribution in [2.45, 2.75) is 32.1 Å². The van der Waals surface area contributed by atoms with E-state index in [0.717, 1.165) is 12.8 Å². The zero-order chi connectivity index (χ0) is 13.0. The molecule has 5 heteroatoms. The van der Waals surface area contributed by atoms with E-state index in [4.69, 9.17) is 9.84 Å². The van der Waals surface area contributed by atoms with Crippen molar-refractivity contribution < 1.29 is 19.7 Å². The number of aromatic nitrogens is 1. The van der Waals surface area contributed by atoms with Gasteiger partial charge in [-0.1, -0.05) is 19.3 Å². The molecule has 2 rings (SSSR count). The molecular weight excluding hydrogens is 234 g/mol. The lowest BCUT2D eigenvalue weighted by Gasteiger charge is -2.21. The maximum Gasteiger partial charge on any atom is 0.358 e. The van der Waals surface area contributed by atoms with Gasteiger partial charge in [-0.05, 0) is 18.8 Å². The Bertz CT molecular complexity index is 427. The second-order valence-corrected chi connectivity index (χ2v) is 4.63. The number of ether oxygens (including phenoxy) is 1. The van der Waals surface area contributed by atoms with Crippen molar-refractivity contribution in [3.8, 4) is 11.5 Å². The number of aromatic hydroxyl groups is 1. The van der Waals surface area contributed by atoms with E-state index >= 15 is 0 Å². The average molecular weight is 251 g/mol. The van der Waals surface area contributed by atoms with Crippen LogP contribution < -0.4 is 4.74 Å². The molecule has 1 aliphatic carbocycles. The summed E-state index contributed by atoms with van der Waals surface area (Å²) in [6.07, 6.45) is 7.32. The number of hydrogen-bond acceptors (Lipinski definition) is 4. The van der Waals surface area contributed by atoms with Crippen molar-refractivity contribution in [2.75, 3.05) is 6.61 Å². The molecule has 0 spiro atoms. The van der Waals surface area contributed by atoms with Crippen LogP contribution in [0.15, 0.2) is 12.3 Å². The lowest BCUT2D eigenvalue weighted by molar-refractivity contribution is 0.0685. The van der Waals surface area contributed by atoms with E-state index in [-0.39, 0.29) is 17.2 Å². The van der Waals surface area contributed by atoms with E-state index < -0.39 is 5.97 Å². The Labute approximate surface area is 105 Å². The normalized spacial score (nSPS) is 16.4. The van der Waals surface area contributed by atoms with Crippen LogP contribution in [0.5, 0.6) is 11.5 Å². The molecule has 5 nitrogen and oxygen atoms in total. The van der Waals surface area contributed by atoms with Crippen LogP contribution in [-0.2, 0) is 0 Å². The van der Waals surface area contributed by atoms with Gasteiger partial charge in [0.15, 0.2) is 17.2 Å². The Morgan fingerprint density at radius 3 is 2.78 bits per heavy atom. The number of carboxylic acid groups (broad SMARTS) is 1. The molecule has 0 aliphatic heterocycles. The Kier molecular flexibility index (Phi) is 4.02. The molecule has 0 aromatic carbocycles. The standard InChI is InChI=1S/C13H17NO4/c15-12-10(6-7-14-11(12)13(16)17)18-8-9-4-2-1-3-5-9/h6-7,9,15H,1-5,8H2,(H,16,17). The maximum atomic E-state index is 10.8. The van der Waals surface area contributed by atoms with Gasteiger partial charge in [0.25, 0.3) is 0 Å². The van der Waals surface area contributed by atoms with Crippen LogP contribution in [0.2, 0.25) is 0 Å². The fraction of sp³-hybridized carbons (Fsp3) is 0.538. The number of pyridine rings is 1. The Morgan fingerprint density at radius 1 is 1.39 bits per heavy atom. The molecule has 0 atom stereocenters. The number of aromatic carboxylic acids is 1. The van der Waals surface area contributed by atoms with Gasteiger partial charge in [-0.15, -0.1) is 0 Å². The van der Waals surface area contributed by atoms with E-state index in [1.54, 1.807) is 0 Å². The smallest absolute Gasteiger partial charge is 0.358 e. The third-order valence-corrected chi connectivity index (χ3v) is 3.29. The van der Waals surface area contributed by atoms with Crippen LogP contribution in [0.4, 0.5) is 0 Å². The Hall–Kier alpha value is -1.78. The Morgan fingerprint density at radius 2 is 2.11 bits per heavy atom. The number of carbonyl (C=O) groups is 1. The van der Waals surface area contributed by atoms with Crippen LogP contribution >= 0.6 is 0 Å². The minimum absolute atomic E-state index is 0.202. The summed E-state index contributed by atoms with van der Waals surface area (Å²) in [6.45, 7) is 0.524. The molecule has 0 amide bonds. The first-order valence-corrected chi connectivity index (χ1v) is 6.22. The monoisotopic (exact) mass is 251 g/mol. The lowest BCUT2D eigenvalue weighted by atomic mass is 9.90. The summed E-state index contributed by atoms with van der Waals surface area (Å²) in [5, 5.41) is 18.5. The number of hydrogen-bond donors (Lipinski definition) is 2. The van der Waals surface area contributed by atoms with Crippen molar-refractivity contribution >= 4 is 5.97 Å².